The fraction of sp³-hybridized carbons (Fsp3) is 0.917. The Hall–Kier alpha value is -0.770. The zero-order valence-corrected chi connectivity index (χ0v) is 10.9. The zero-order valence-electron chi connectivity index (χ0n) is 10.9. The van der Waals surface area contributed by atoms with Gasteiger partial charge in [0.1, 0.15) is 5.60 Å². The van der Waals surface area contributed by atoms with Crippen LogP contribution >= 0.6 is 0 Å². The minimum absolute atomic E-state index is 0.185. The highest BCUT2D eigenvalue weighted by Gasteiger charge is 2.26. The van der Waals surface area contributed by atoms with Gasteiger partial charge in [0.25, 0.3) is 0 Å². The SMILES string of the molecule is CCC[C@@H]1CN(C(=O)OC(C)(C)C)CCN1. The minimum atomic E-state index is -0.401. The molecule has 0 unspecified atom stereocenters. The smallest absolute Gasteiger partial charge is 0.410 e. The van der Waals surface area contributed by atoms with Gasteiger partial charge in [-0.2, -0.15) is 0 Å². The lowest BCUT2D eigenvalue weighted by Crippen LogP contribution is -2.53. The first kappa shape index (κ1) is 13.3. The molecule has 1 atom stereocenters. The van der Waals surface area contributed by atoms with E-state index in [9.17, 15) is 4.79 Å². The lowest BCUT2D eigenvalue weighted by atomic mass is 10.1. The molecule has 16 heavy (non-hydrogen) atoms. The van der Waals surface area contributed by atoms with Crippen LogP contribution in [0.15, 0.2) is 0 Å². The first-order valence-corrected chi connectivity index (χ1v) is 6.13. The van der Waals surface area contributed by atoms with E-state index in [0.29, 0.717) is 6.04 Å². The molecule has 1 aliphatic rings. The predicted molar refractivity (Wildman–Crippen MR) is 64.5 cm³/mol. The van der Waals surface area contributed by atoms with Gasteiger partial charge in [-0.05, 0) is 27.2 Å². The van der Waals surface area contributed by atoms with Crippen molar-refractivity contribution in [1.82, 2.24) is 10.2 Å². The molecule has 0 radical (unpaired) electrons. The number of hydrogen-bond acceptors (Lipinski definition) is 3. The van der Waals surface area contributed by atoms with E-state index in [1.165, 1.54) is 0 Å². The van der Waals surface area contributed by atoms with Gasteiger partial charge in [-0.3, -0.25) is 0 Å². The molecular weight excluding hydrogens is 204 g/mol. The molecule has 0 saturated carbocycles. The van der Waals surface area contributed by atoms with Crippen LogP contribution in [0.5, 0.6) is 0 Å². The Balaban J connectivity index is 2.44. The third kappa shape index (κ3) is 4.39. The summed E-state index contributed by atoms with van der Waals surface area (Å²) >= 11 is 0. The molecule has 0 aromatic rings. The number of nitrogens with one attached hydrogen (secondary N) is 1. The highest BCUT2D eigenvalue weighted by Crippen LogP contribution is 2.12. The van der Waals surface area contributed by atoms with E-state index in [-0.39, 0.29) is 6.09 Å². The lowest BCUT2D eigenvalue weighted by molar-refractivity contribution is 0.0192. The van der Waals surface area contributed by atoms with Crippen molar-refractivity contribution in [3.05, 3.63) is 0 Å². The van der Waals surface area contributed by atoms with Crippen molar-refractivity contribution in [3.8, 4) is 0 Å². The summed E-state index contributed by atoms with van der Waals surface area (Å²) in [5.41, 5.74) is -0.401. The Labute approximate surface area is 98.3 Å². The monoisotopic (exact) mass is 228 g/mol. The summed E-state index contributed by atoms with van der Waals surface area (Å²) in [6, 6.07) is 0.422. The van der Waals surface area contributed by atoms with Gasteiger partial charge in [0, 0.05) is 25.7 Å². The number of ether oxygens (including phenoxy) is 1. The van der Waals surface area contributed by atoms with Crippen LogP contribution in [0.1, 0.15) is 40.5 Å². The maximum Gasteiger partial charge on any atom is 0.410 e. The molecule has 1 aliphatic heterocycles. The van der Waals surface area contributed by atoms with Gasteiger partial charge >= 0.3 is 6.09 Å². The number of amides is 1. The molecule has 0 spiro atoms. The topological polar surface area (TPSA) is 41.6 Å². The molecule has 1 amide bonds. The standard InChI is InChI=1S/C12H24N2O2/c1-5-6-10-9-14(8-7-13-10)11(15)16-12(2,3)4/h10,13H,5-9H2,1-4H3/t10-/m1/s1. The highest BCUT2D eigenvalue weighted by molar-refractivity contribution is 5.68. The van der Waals surface area contributed by atoms with Crippen LogP contribution in [0.3, 0.4) is 0 Å². The third-order valence-electron chi connectivity index (χ3n) is 2.54. The summed E-state index contributed by atoms with van der Waals surface area (Å²) in [4.78, 5) is 13.6. The summed E-state index contributed by atoms with van der Waals surface area (Å²) in [5.74, 6) is 0. The fourth-order valence-electron chi connectivity index (χ4n) is 1.86. The van der Waals surface area contributed by atoms with Crippen molar-refractivity contribution < 1.29 is 9.53 Å². The molecule has 4 heteroatoms. The van der Waals surface area contributed by atoms with Gasteiger partial charge in [-0.15, -0.1) is 0 Å². The van der Waals surface area contributed by atoms with Crippen LogP contribution in [0.4, 0.5) is 4.79 Å². The Morgan fingerprint density at radius 2 is 2.19 bits per heavy atom. The molecule has 4 nitrogen and oxygen atoms in total. The molecule has 0 bridgehead atoms. The Bertz CT molecular complexity index is 234. The highest BCUT2D eigenvalue weighted by atomic mass is 16.6. The van der Waals surface area contributed by atoms with E-state index >= 15 is 0 Å². The van der Waals surface area contributed by atoms with Crippen molar-refractivity contribution in [1.29, 1.82) is 0 Å². The number of carbonyl (C=O) groups excluding carboxylic acids is 1. The molecule has 1 N–H and O–H groups in total. The van der Waals surface area contributed by atoms with Crippen LogP contribution in [-0.4, -0.2) is 42.3 Å². The summed E-state index contributed by atoms with van der Waals surface area (Å²) in [6.45, 7) is 10.2. The number of hydrogen-bond donors (Lipinski definition) is 1. The van der Waals surface area contributed by atoms with Crippen LogP contribution in [-0.2, 0) is 4.74 Å². The molecule has 1 saturated heterocycles. The van der Waals surface area contributed by atoms with E-state index in [1.54, 1.807) is 0 Å². The summed E-state index contributed by atoms with van der Waals surface area (Å²) < 4.78 is 5.36. The minimum Gasteiger partial charge on any atom is -0.444 e. The van der Waals surface area contributed by atoms with Crippen molar-refractivity contribution in [2.45, 2.75) is 52.2 Å². The van der Waals surface area contributed by atoms with Crippen LogP contribution in [0, 0.1) is 0 Å². The summed E-state index contributed by atoms with van der Waals surface area (Å²) in [6.07, 6.45) is 2.06. The first-order valence-electron chi connectivity index (χ1n) is 6.13. The molecule has 1 rings (SSSR count). The Kier molecular flexibility index (Phi) is 4.59. The second kappa shape index (κ2) is 5.53. The van der Waals surface area contributed by atoms with E-state index in [2.05, 4.69) is 12.2 Å². The number of piperazine rings is 1. The molecule has 1 heterocycles. The number of carbonyl (C=O) groups is 1. The predicted octanol–water partition coefficient (Wildman–Crippen LogP) is 2.00. The second-order valence-corrected chi connectivity index (χ2v) is 5.37. The zero-order chi connectivity index (χ0) is 12.2. The van der Waals surface area contributed by atoms with Crippen LogP contribution in [0.2, 0.25) is 0 Å². The van der Waals surface area contributed by atoms with Gasteiger partial charge in [-0.25, -0.2) is 4.79 Å². The Morgan fingerprint density at radius 1 is 1.50 bits per heavy atom. The van der Waals surface area contributed by atoms with Gasteiger partial charge in [0.2, 0.25) is 0 Å². The van der Waals surface area contributed by atoms with E-state index in [1.807, 2.05) is 25.7 Å². The summed E-state index contributed by atoms with van der Waals surface area (Å²) in [5, 5.41) is 3.42. The first-order chi connectivity index (χ1) is 7.42. The average molecular weight is 228 g/mol. The van der Waals surface area contributed by atoms with Gasteiger partial charge in [0.15, 0.2) is 0 Å². The molecular formula is C12H24N2O2. The lowest BCUT2D eigenvalue weighted by Gasteiger charge is -2.34. The molecule has 94 valence electrons. The van der Waals surface area contributed by atoms with Gasteiger partial charge in [-0.1, -0.05) is 13.3 Å². The Morgan fingerprint density at radius 3 is 2.75 bits per heavy atom. The van der Waals surface area contributed by atoms with Crippen molar-refractivity contribution in [3.63, 3.8) is 0 Å². The molecule has 0 aromatic carbocycles. The van der Waals surface area contributed by atoms with Crippen molar-refractivity contribution in [2.24, 2.45) is 0 Å². The van der Waals surface area contributed by atoms with Crippen molar-refractivity contribution >= 4 is 6.09 Å². The second-order valence-electron chi connectivity index (χ2n) is 5.37. The van der Waals surface area contributed by atoms with Gasteiger partial charge < -0.3 is 15.0 Å². The van der Waals surface area contributed by atoms with Crippen LogP contribution in [0.25, 0.3) is 0 Å². The largest absolute Gasteiger partial charge is 0.444 e. The van der Waals surface area contributed by atoms with E-state index < -0.39 is 5.60 Å². The molecule has 1 fully saturated rings. The van der Waals surface area contributed by atoms with E-state index in [0.717, 1.165) is 32.5 Å². The fourth-order valence-corrected chi connectivity index (χ4v) is 1.86. The van der Waals surface area contributed by atoms with Crippen LogP contribution < -0.4 is 5.32 Å². The normalized spacial score (nSPS) is 22.0. The maximum absolute atomic E-state index is 11.8. The number of nitrogens with zero attached hydrogens (tertiary/aromatic N) is 1. The average Bonchev–Trinajstić information content (AvgIpc) is 2.16. The summed E-state index contributed by atoms with van der Waals surface area (Å²) in [7, 11) is 0. The molecule has 0 aromatic heterocycles. The van der Waals surface area contributed by atoms with Gasteiger partial charge in [0.05, 0.1) is 0 Å². The van der Waals surface area contributed by atoms with Crippen molar-refractivity contribution in [2.75, 3.05) is 19.6 Å². The third-order valence-corrected chi connectivity index (χ3v) is 2.54. The number of rotatable bonds is 2. The quantitative estimate of drug-likeness (QED) is 0.786. The molecule has 0 aliphatic carbocycles. The maximum atomic E-state index is 11.8. The van der Waals surface area contributed by atoms with E-state index in [4.69, 9.17) is 4.74 Å².